The molecule has 5 rings (SSSR count). The molecule has 2 heterocycles. The Labute approximate surface area is 191 Å². The first-order valence-electron chi connectivity index (χ1n) is 10.7. The number of nitrogens with zero attached hydrogens (tertiary/aromatic N) is 4. The maximum atomic E-state index is 13.1. The van der Waals surface area contributed by atoms with E-state index in [9.17, 15) is 4.79 Å². The van der Waals surface area contributed by atoms with Crippen molar-refractivity contribution in [2.75, 3.05) is 5.75 Å². The van der Waals surface area contributed by atoms with Crippen LogP contribution in [0.5, 0.6) is 0 Å². The standard InChI is InChI=1S/C23H25ClN4O2S/c1-14-3-4-17(10-20(14)24)28-13-25-26-23(28)31-12-22(29)27(16-5-6-16)11-18-7-8-21(30-18)19-9-15(19)2/h3-4,7-8,10,13,15-16,19H,5-6,9,11-12H2,1-2H3. The number of halogens is 1. The number of benzene rings is 1. The molecule has 0 spiro atoms. The SMILES string of the molecule is Cc1ccc(-n2cnnc2SCC(=O)N(Cc2ccc(C3CC3C)o2)C2CC2)cc1Cl. The van der Waals surface area contributed by atoms with Crippen molar-refractivity contribution in [1.82, 2.24) is 19.7 Å². The molecule has 2 aliphatic rings. The topological polar surface area (TPSA) is 64.2 Å². The summed E-state index contributed by atoms with van der Waals surface area (Å²) >= 11 is 7.67. The molecule has 2 unspecified atom stereocenters. The molecule has 2 aromatic heterocycles. The molecule has 3 aromatic rings. The summed E-state index contributed by atoms with van der Waals surface area (Å²) in [5.74, 6) is 3.60. The van der Waals surface area contributed by atoms with Crippen LogP contribution in [0.3, 0.4) is 0 Å². The molecule has 2 saturated carbocycles. The number of hydrogen-bond donors (Lipinski definition) is 0. The second-order valence-corrected chi connectivity index (χ2v) is 9.93. The lowest BCUT2D eigenvalue weighted by molar-refractivity contribution is -0.129. The first kappa shape index (κ1) is 20.6. The molecule has 1 amide bonds. The van der Waals surface area contributed by atoms with Crippen LogP contribution in [-0.4, -0.2) is 37.4 Å². The highest BCUT2D eigenvalue weighted by Gasteiger charge is 2.37. The minimum absolute atomic E-state index is 0.0988. The van der Waals surface area contributed by atoms with Gasteiger partial charge in [0.2, 0.25) is 5.91 Å². The smallest absolute Gasteiger partial charge is 0.233 e. The van der Waals surface area contributed by atoms with E-state index in [0.29, 0.717) is 40.4 Å². The zero-order chi connectivity index (χ0) is 21.5. The quantitative estimate of drug-likeness (QED) is 0.434. The summed E-state index contributed by atoms with van der Waals surface area (Å²) in [4.78, 5) is 15.0. The molecule has 1 aromatic carbocycles. The number of carbonyl (C=O) groups is 1. The van der Waals surface area contributed by atoms with E-state index in [0.717, 1.165) is 35.6 Å². The van der Waals surface area contributed by atoms with Gasteiger partial charge in [-0.1, -0.05) is 36.4 Å². The van der Waals surface area contributed by atoms with Crippen LogP contribution in [0.25, 0.3) is 5.69 Å². The summed E-state index contributed by atoms with van der Waals surface area (Å²) in [6.45, 7) is 4.74. The van der Waals surface area contributed by atoms with Gasteiger partial charge in [-0.25, -0.2) is 0 Å². The molecule has 0 saturated heterocycles. The van der Waals surface area contributed by atoms with E-state index in [1.165, 1.54) is 18.2 Å². The van der Waals surface area contributed by atoms with E-state index in [4.69, 9.17) is 16.0 Å². The Balaban J connectivity index is 1.24. The van der Waals surface area contributed by atoms with E-state index >= 15 is 0 Å². The zero-order valence-electron chi connectivity index (χ0n) is 17.6. The summed E-state index contributed by atoms with van der Waals surface area (Å²) in [6.07, 6.45) is 4.96. The fourth-order valence-electron chi connectivity index (χ4n) is 3.81. The lowest BCUT2D eigenvalue weighted by atomic mass is 10.2. The summed E-state index contributed by atoms with van der Waals surface area (Å²) in [6, 6.07) is 10.2. The monoisotopic (exact) mass is 456 g/mol. The average molecular weight is 457 g/mol. The van der Waals surface area contributed by atoms with Crippen molar-refractivity contribution in [3.8, 4) is 5.69 Å². The predicted octanol–water partition coefficient (Wildman–Crippen LogP) is 5.23. The Morgan fingerprint density at radius 3 is 2.84 bits per heavy atom. The van der Waals surface area contributed by atoms with Gasteiger partial charge in [-0.05, 0) is 61.9 Å². The molecule has 0 aliphatic heterocycles. The second kappa shape index (κ2) is 8.36. The van der Waals surface area contributed by atoms with Gasteiger partial charge in [0.1, 0.15) is 17.8 Å². The van der Waals surface area contributed by atoms with Crippen LogP contribution in [0.4, 0.5) is 0 Å². The normalized spacial score (nSPS) is 20.1. The molecular weight excluding hydrogens is 432 g/mol. The highest BCUT2D eigenvalue weighted by Crippen LogP contribution is 2.47. The largest absolute Gasteiger partial charge is 0.464 e. The van der Waals surface area contributed by atoms with Crippen molar-refractivity contribution in [3.63, 3.8) is 0 Å². The van der Waals surface area contributed by atoms with Gasteiger partial charge in [0.15, 0.2) is 5.16 Å². The molecule has 0 radical (unpaired) electrons. The minimum atomic E-state index is 0.0988. The van der Waals surface area contributed by atoms with Crippen molar-refractivity contribution < 1.29 is 9.21 Å². The van der Waals surface area contributed by atoms with Crippen molar-refractivity contribution in [2.45, 2.75) is 56.8 Å². The number of aromatic nitrogens is 3. The molecule has 2 atom stereocenters. The number of amides is 1. The summed E-state index contributed by atoms with van der Waals surface area (Å²) < 4.78 is 7.91. The molecule has 6 nitrogen and oxygen atoms in total. The zero-order valence-corrected chi connectivity index (χ0v) is 19.2. The van der Waals surface area contributed by atoms with Crippen molar-refractivity contribution >= 4 is 29.3 Å². The van der Waals surface area contributed by atoms with E-state index in [1.807, 2.05) is 40.7 Å². The van der Waals surface area contributed by atoms with Gasteiger partial charge in [-0.15, -0.1) is 10.2 Å². The average Bonchev–Trinajstić information content (AvgIpc) is 3.62. The molecular formula is C23H25ClN4O2S. The number of hydrogen-bond acceptors (Lipinski definition) is 5. The van der Waals surface area contributed by atoms with Crippen LogP contribution in [-0.2, 0) is 11.3 Å². The molecule has 8 heteroatoms. The molecule has 0 bridgehead atoms. The highest BCUT2D eigenvalue weighted by molar-refractivity contribution is 7.99. The molecule has 31 heavy (non-hydrogen) atoms. The third-order valence-corrected chi connectivity index (χ3v) is 7.40. The lowest BCUT2D eigenvalue weighted by Crippen LogP contribution is -2.33. The van der Waals surface area contributed by atoms with Gasteiger partial charge in [-0.3, -0.25) is 9.36 Å². The van der Waals surface area contributed by atoms with E-state index in [1.54, 1.807) is 6.33 Å². The van der Waals surface area contributed by atoms with Crippen LogP contribution in [0.1, 0.15) is 49.2 Å². The van der Waals surface area contributed by atoms with Gasteiger partial charge in [0.05, 0.1) is 18.0 Å². The number of carbonyl (C=O) groups excluding carboxylic acids is 1. The van der Waals surface area contributed by atoms with Crippen LogP contribution < -0.4 is 0 Å². The van der Waals surface area contributed by atoms with Crippen LogP contribution in [0, 0.1) is 12.8 Å². The van der Waals surface area contributed by atoms with Gasteiger partial charge in [0.25, 0.3) is 0 Å². The lowest BCUT2D eigenvalue weighted by Gasteiger charge is -2.21. The number of furan rings is 1. The van der Waals surface area contributed by atoms with E-state index in [-0.39, 0.29) is 5.91 Å². The van der Waals surface area contributed by atoms with Crippen molar-refractivity contribution in [1.29, 1.82) is 0 Å². The number of rotatable bonds is 8. The third-order valence-electron chi connectivity index (χ3n) is 6.07. The summed E-state index contributed by atoms with van der Waals surface area (Å²) in [5.41, 5.74) is 1.90. The summed E-state index contributed by atoms with van der Waals surface area (Å²) in [5, 5.41) is 9.59. The first-order chi connectivity index (χ1) is 15.0. The Kier molecular flexibility index (Phi) is 5.56. The Morgan fingerprint density at radius 1 is 1.32 bits per heavy atom. The van der Waals surface area contributed by atoms with Crippen molar-refractivity contribution in [3.05, 3.63) is 58.8 Å². The Morgan fingerprint density at radius 2 is 2.13 bits per heavy atom. The molecule has 2 aliphatic carbocycles. The first-order valence-corrected chi connectivity index (χ1v) is 12.0. The molecule has 0 N–H and O–H groups in total. The van der Waals surface area contributed by atoms with Gasteiger partial charge in [0, 0.05) is 17.0 Å². The Bertz CT molecular complexity index is 1110. The fraction of sp³-hybridized carbons (Fsp3) is 0.435. The van der Waals surface area contributed by atoms with Crippen LogP contribution >= 0.6 is 23.4 Å². The third kappa shape index (κ3) is 4.53. The van der Waals surface area contributed by atoms with Gasteiger partial charge >= 0.3 is 0 Å². The maximum Gasteiger partial charge on any atom is 0.233 e. The molecule has 2 fully saturated rings. The number of thioether (sulfide) groups is 1. The summed E-state index contributed by atoms with van der Waals surface area (Å²) in [7, 11) is 0. The minimum Gasteiger partial charge on any atom is -0.464 e. The predicted molar refractivity (Wildman–Crippen MR) is 121 cm³/mol. The van der Waals surface area contributed by atoms with Gasteiger partial charge < -0.3 is 9.32 Å². The van der Waals surface area contributed by atoms with Crippen LogP contribution in [0.2, 0.25) is 5.02 Å². The van der Waals surface area contributed by atoms with Crippen LogP contribution in [0.15, 0.2) is 46.2 Å². The fourth-order valence-corrected chi connectivity index (χ4v) is 4.80. The van der Waals surface area contributed by atoms with Gasteiger partial charge in [-0.2, -0.15) is 0 Å². The second-order valence-electron chi connectivity index (χ2n) is 8.58. The maximum absolute atomic E-state index is 13.1. The van der Waals surface area contributed by atoms with E-state index < -0.39 is 0 Å². The Hall–Kier alpha value is -2.25. The van der Waals surface area contributed by atoms with Crippen molar-refractivity contribution in [2.24, 2.45) is 5.92 Å². The highest BCUT2D eigenvalue weighted by atomic mass is 35.5. The molecule has 162 valence electrons. The number of aryl methyl sites for hydroxylation is 1. The van der Waals surface area contributed by atoms with E-state index in [2.05, 4.69) is 23.2 Å².